The Balaban J connectivity index is 2.58. The minimum absolute atomic E-state index is 0.238. The van der Waals surface area contributed by atoms with Crippen LogP contribution in [0, 0.1) is 0 Å². The minimum atomic E-state index is -0.245. The summed E-state index contributed by atoms with van der Waals surface area (Å²) in [4.78, 5) is 28.6. The Bertz CT molecular complexity index is 518. The Morgan fingerprint density at radius 3 is 2.44 bits per heavy atom. The first kappa shape index (κ1) is 10.5. The molecule has 0 bridgehead atoms. The van der Waals surface area contributed by atoms with Crippen molar-refractivity contribution < 1.29 is 9.59 Å². The van der Waals surface area contributed by atoms with E-state index in [-0.39, 0.29) is 11.8 Å². The third-order valence-electron chi connectivity index (χ3n) is 2.84. The van der Waals surface area contributed by atoms with Gasteiger partial charge in [0.1, 0.15) is 0 Å². The van der Waals surface area contributed by atoms with Crippen LogP contribution in [0.4, 0.5) is 0 Å². The van der Waals surface area contributed by atoms with E-state index < -0.39 is 0 Å². The second kappa shape index (κ2) is 3.56. The molecule has 1 aliphatic rings. The summed E-state index contributed by atoms with van der Waals surface area (Å²) in [6, 6.07) is 5.22. The molecule has 82 valence electrons. The fraction of sp³-hybridized carbons (Fsp3) is 0.250. The Kier molecular flexibility index (Phi) is 2.34. The Morgan fingerprint density at radius 2 is 1.81 bits per heavy atom. The van der Waals surface area contributed by atoms with Crippen LogP contribution in [0.25, 0.3) is 0 Å². The molecule has 2 amide bonds. The van der Waals surface area contributed by atoms with Gasteiger partial charge in [-0.2, -0.15) is 0 Å². The highest BCUT2D eigenvalue weighted by atomic mass is 16.2. The van der Waals surface area contributed by atoms with Crippen LogP contribution in [0.15, 0.2) is 23.2 Å². The molecule has 0 saturated heterocycles. The van der Waals surface area contributed by atoms with Crippen molar-refractivity contribution >= 4 is 17.5 Å². The van der Waals surface area contributed by atoms with Gasteiger partial charge in [0.15, 0.2) is 0 Å². The van der Waals surface area contributed by atoms with E-state index in [1.165, 1.54) is 7.05 Å². The number of carbonyl (C=O) groups excluding carboxylic acids is 2. The maximum Gasteiger partial charge on any atom is 0.261 e. The highest BCUT2D eigenvalue weighted by Crippen LogP contribution is 2.22. The monoisotopic (exact) mass is 216 g/mol. The summed E-state index contributed by atoms with van der Waals surface area (Å²) in [6.45, 7) is 1.87. The summed E-state index contributed by atoms with van der Waals surface area (Å²) in [6.07, 6.45) is 0. The van der Waals surface area contributed by atoms with Crippen LogP contribution in [0.5, 0.6) is 0 Å². The van der Waals surface area contributed by atoms with Crippen LogP contribution in [0.1, 0.15) is 33.2 Å². The first-order valence-electron chi connectivity index (χ1n) is 4.96. The van der Waals surface area contributed by atoms with Gasteiger partial charge in [0.05, 0.1) is 11.1 Å². The van der Waals surface area contributed by atoms with E-state index in [1.807, 2.05) is 13.0 Å². The van der Waals surface area contributed by atoms with Crippen molar-refractivity contribution in [3.63, 3.8) is 0 Å². The zero-order chi connectivity index (χ0) is 11.9. The molecule has 16 heavy (non-hydrogen) atoms. The zero-order valence-corrected chi connectivity index (χ0v) is 9.44. The molecule has 0 spiro atoms. The molecular weight excluding hydrogens is 204 g/mol. The molecule has 1 aliphatic heterocycles. The number of benzene rings is 1. The zero-order valence-electron chi connectivity index (χ0n) is 9.44. The van der Waals surface area contributed by atoms with Gasteiger partial charge >= 0.3 is 0 Å². The number of hydrogen-bond acceptors (Lipinski definition) is 3. The molecular formula is C12H12N2O2. The van der Waals surface area contributed by atoms with E-state index in [1.54, 1.807) is 19.2 Å². The SMILES string of the molecule is CN=C(C)c1ccc2c(c1)C(=O)N(C)C2=O. The number of aliphatic imine (C=N–C) groups is 1. The summed E-state index contributed by atoms with van der Waals surface area (Å²) in [5.41, 5.74) is 2.66. The Morgan fingerprint density at radius 1 is 1.19 bits per heavy atom. The van der Waals surface area contributed by atoms with Crippen LogP contribution in [-0.2, 0) is 0 Å². The molecule has 0 aliphatic carbocycles. The predicted molar refractivity (Wildman–Crippen MR) is 61.0 cm³/mol. The van der Waals surface area contributed by atoms with Crippen LogP contribution in [-0.4, -0.2) is 36.5 Å². The molecule has 0 unspecified atom stereocenters. The lowest BCUT2D eigenvalue weighted by Crippen LogP contribution is -2.24. The van der Waals surface area contributed by atoms with Gasteiger partial charge in [-0.3, -0.25) is 19.5 Å². The largest absolute Gasteiger partial charge is 0.293 e. The lowest BCUT2D eigenvalue weighted by molar-refractivity contribution is 0.0693. The third-order valence-corrected chi connectivity index (χ3v) is 2.84. The van der Waals surface area contributed by atoms with Crippen LogP contribution < -0.4 is 0 Å². The number of imide groups is 1. The predicted octanol–water partition coefficient (Wildman–Crippen LogP) is 1.35. The topological polar surface area (TPSA) is 49.7 Å². The van der Waals surface area contributed by atoms with Crippen molar-refractivity contribution in [2.24, 2.45) is 4.99 Å². The molecule has 0 atom stereocenters. The van der Waals surface area contributed by atoms with Crippen molar-refractivity contribution in [3.05, 3.63) is 34.9 Å². The van der Waals surface area contributed by atoms with E-state index in [9.17, 15) is 9.59 Å². The Labute approximate surface area is 93.6 Å². The van der Waals surface area contributed by atoms with Gasteiger partial charge in [-0.1, -0.05) is 6.07 Å². The molecule has 4 heteroatoms. The van der Waals surface area contributed by atoms with Gasteiger partial charge in [0.25, 0.3) is 11.8 Å². The van der Waals surface area contributed by atoms with Gasteiger partial charge in [-0.15, -0.1) is 0 Å². The number of fused-ring (bicyclic) bond motifs is 1. The van der Waals surface area contributed by atoms with E-state index >= 15 is 0 Å². The number of hydrogen-bond donors (Lipinski definition) is 0. The number of rotatable bonds is 1. The average molecular weight is 216 g/mol. The lowest BCUT2D eigenvalue weighted by Gasteiger charge is -2.02. The summed E-state index contributed by atoms with van der Waals surface area (Å²) >= 11 is 0. The van der Waals surface area contributed by atoms with Gasteiger partial charge in [0.2, 0.25) is 0 Å². The molecule has 4 nitrogen and oxygen atoms in total. The summed E-state index contributed by atoms with van der Waals surface area (Å²) in [7, 11) is 3.19. The highest BCUT2D eigenvalue weighted by molar-refractivity contribution is 6.21. The molecule has 0 radical (unpaired) electrons. The van der Waals surface area contributed by atoms with E-state index in [4.69, 9.17) is 0 Å². The number of amides is 2. The van der Waals surface area contributed by atoms with Crippen molar-refractivity contribution in [1.82, 2.24) is 4.90 Å². The molecule has 1 aromatic carbocycles. The standard InChI is InChI=1S/C12H12N2O2/c1-7(13-2)8-4-5-9-10(6-8)12(16)14(3)11(9)15/h4-6H,1-3H3. The van der Waals surface area contributed by atoms with Crippen LogP contribution in [0.2, 0.25) is 0 Å². The second-order valence-corrected chi connectivity index (χ2v) is 3.74. The van der Waals surface area contributed by atoms with Gasteiger partial charge < -0.3 is 0 Å². The van der Waals surface area contributed by atoms with Crippen LogP contribution >= 0.6 is 0 Å². The van der Waals surface area contributed by atoms with E-state index in [2.05, 4.69) is 4.99 Å². The van der Waals surface area contributed by atoms with E-state index in [0.717, 1.165) is 16.2 Å². The van der Waals surface area contributed by atoms with Crippen molar-refractivity contribution in [2.75, 3.05) is 14.1 Å². The fourth-order valence-corrected chi connectivity index (χ4v) is 1.72. The normalized spacial score (nSPS) is 15.7. The fourth-order valence-electron chi connectivity index (χ4n) is 1.72. The molecule has 1 heterocycles. The number of carbonyl (C=O) groups is 2. The van der Waals surface area contributed by atoms with Crippen molar-refractivity contribution in [3.8, 4) is 0 Å². The molecule has 2 rings (SSSR count). The molecule has 1 aromatic rings. The first-order valence-corrected chi connectivity index (χ1v) is 4.96. The Hall–Kier alpha value is -1.97. The van der Waals surface area contributed by atoms with Gasteiger partial charge in [0, 0.05) is 19.8 Å². The quantitative estimate of drug-likeness (QED) is 0.525. The lowest BCUT2D eigenvalue weighted by atomic mass is 10.0. The van der Waals surface area contributed by atoms with Gasteiger partial charge in [-0.05, 0) is 24.6 Å². The molecule has 0 aromatic heterocycles. The van der Waals surface area contributed by atoms with Crippen LogP contribution in [0.3, 0.4) is 0 Å². The molecule has 0 fully saturated rings. The van der Waals surface area contributed by atoms with Gasteiger partial charge in [-0.25, -0.2) is 0 Å². The average Bonchev–Trinajstić information content (AvgIpc) is 2.53. The first-order chi connectivity index (χ1) is 7.56. The summed E-state index contributed by atoms with van der Waals surface area (Å²) in [5.74, 6) is -0.483. The minimum Gasteiger partial charge on any atom is -0.293 e. The summed E-state index contributed by atoms with van der Waals surface area (Å²) < 4.78 is 0. The van der Waals surface area contributed by atoms with E-state index in [0.29, 0.717) is 11.1 Å². The highest BCUT2D eigenvalue weighted by Gasteiger charge is 2.32. The summed E-state index contributed by atoms with van der Waals surface area (Å²) in [5, 5.41) is 0. The maximum atomic E-state index is 11.7. The maximum absolute atomic E-state index is 11.7. The van der Waals surface area contributed by atoms with Crippen molar-refractivity contribution in [2.45, 2.75) is 6.92 Å². The smallest absolute Gasteiger partial charge is 0.261 e. The molecule has 0 saturated carbocycles. The molecule has 0 N–H and O–H groups in total. The van der Waals surface area contributed by atoms with Crippen molar-refractivity contribution in [1.29, 1.82) is 0 Å². The third kappa shape index (κ3) is 1.34. The number of nitrogens with zero attached hydrogens (tertiary/aromatic N) is 2. The second-order valence-electron chi connectivity index (χ2n) is 3.74.